The highest BCUT2D eigenvalue weighted by Gasteiger charge is 2.29. The number of carbonyl (C=O) groups is 1. The Morgan fingerprint density at radius 2 is 2.13 bits per heavy atom. The molecule has 2 aliphatic heterocycles. The van der Waals surface area contributed by atoms with E-state index in [0.717, 1.165) is 45.8 Å². The molecule has 0 bridgehead atoms. The number of hydrogen-bond acceptors (Lipinski definition) is 5. The van der Waals surface area contributed by atoms with Crippen LogP contribution < -0.4 is 5.32 Å². The molecule has 3 rings (SSSR count). The Bertz CT molecular complexity index is 538. The van der Waals surface area contributed by atoms with E-state index in [1.165, 1.54) is 10.4 Å². The highest BCUT2D eigenvalue weighted by Crippen LogP contribution is 2.23. The van der Waals surface area contributed by atoms with Crippen molar-refractivity contribution in [3.05, 3.63) is 21.9 Å². The standard InChI is InChI=1S/C17H27N3O2S/c1-17(2,20-6-8-22-9-7-20)13-18-16(21)12-19-5-3-15-14(11-19)4-10-23-15/h4,10H,3,5-9,11-13H2,1-2H3,(H,18,21). The Balaban J connectivity index is 1.44. The largest absolute Gasteiger partial charge is 0.379 e. The predicted octanol–water partition coefficient (Wildman–Crippen LogP) is 1.33. The van der Waals surface area contributed by atoms with Gasteiger partial charge in [-0.05, 0) is 37.3 Å². The molecular formula is C17H27N3O2S. The zero-order valence-corrected chi connectivity index (χ0v) is 15.0. The normalized spacial score (nSPS) is 20.3. The second-order valence-corrected chi connectivity index (χ2v) is 8.02. The Morgan fingerprint density at radius 3 is 2.91 bits per heavy atom. The Hall–Kier alpha value is -0.950. The van der Waals surface area contributed by atoms with Crippen LogP contribution in [0.4, 0.5) is 0 Å². The minimum absolute atomic E-state index is 0.0259. The summed E-state index contributed by atoms with van der Waals surface area (Å²) in [5.41, 5.74) is 1.37. The highest BCUT2D eigenvalue weighted by atomic mass is 32.1. The summed E-state index contributed by atoms with van der Waals surface area (Å²) in [7, 11) is 0. The second-order valence-electron chi connectivity index (χ2n) is 7.02. The van der Waals surface area contributed by atoms with Crippen molar-refractivity contribution in [3.8, 4) is 0 Å². The summed E-state index contributed by atoms with van der Waals surface area (Å²) in [6, 6.07) is 2.19. The van der Waals surface area contributed by atoms with E-state index in [4.69, 9.17) is 4.74 Å². The minimum Gasteiger partial charge on any atom is -0.379 e. The molecular weight excluding hydrogens is 310 g/mol. The van der Waals surface area contributed by atoms with E-state index in [9.17, 15) is 4.79 Å². The Kier molecular flexibility index (Phi) is 5.36. The number of carbonyl (C=O) groups excluding carboxylic acids is 1. The van der Waals surface area contributed by atoms with Gasteiger partial charge < -0.3 is 10.1 Å². The number of rotatable bonds is 5. The molecule has 128 valence electrons. The van der Waals surface area contributed by atoms with E-state index in [1.807, 2.05) is 11.3 Å². The third-order valence-corrected chi connectivity index (χ3v) is 5.86. The molecule has 1 aromatic heterocycles. The summed E-state index contributed by atoms with van der Waals surface area (Å²) >= 11 is 1.83. The van der Waals surface area contributed by atoms with Gasteiger partial charge in [0, 0.05) is 43.1 Å². The summed E-state index contributed by atoms with van der Waals surface area (Å²) in [6.45, 7) is 10.9. The van der Waals surface area contributed by atoms with E-state index in [2.05, 4.69) is 40.4 Å². The SMILES string of the molecule is CC(C)(CNC(=O)CN1CCc2sccc2C1)N1CCOCC1. The quantitative estimate of drug-likeness (QED) is 0.881. The fraction of sp³-hybridized carbons (Fsp3) is 0.706. The van der Waals surface area contributed by atoms with Crippen LogP contribution in [0, 0.1) is 0 Å². The van der Waals surface area contributed by atoms with Crippen LogP contribution in [0.5, 0.6) is 0 Å². The highest BCUT2D eigenvalue weighted by molar-refractivity contribution is 7.10. The lowest BCUT2D eigenvalue weighted by atomic mass is 10.0. The first-order valence-corrected chi connectivity index (χ1v) is 9.30. The Labute approximate surface area is 142 Å². The molecule has 1 N–H and O–H groups in total. The lowest BCUT2D eigenvalue weighted by Crippen LogP contribution is -2.56. The molecule has 0 atom stereocenters. The van der Waals surface area contributed by atoms with E-state index in [-0.39, 0.29) is 11.4 Å². The molecule has 1 aromatic rings. The third kappa shape index (κ3) is 4.32. The maximum atomic E-state index is 12.3. The van der Waals surface area contributed by atoms with Gasteiger partial charge in [0.1, 0.15) is 0 Å². The van der Waals surface area contributed by atoms with Crippen molar-refractivity contribution in [2.45, 2.75) is 32.4 Å². The van der Waals surface area contributed by atoms with Gasteiger partial charge in [-0.2, -0.15) is 0 Å². The molecule has 0 aromatic carbocycles. The van der Waals surface area contributed by atoms with Crippen LogP contribution in [0.2, 0.25) is 0 Å². The van der Waals surface area contributed by atoms with Gasteiger partial charge >= 0.3 is 0 Å². The van der Waals surface area contributed by atoms with Crippen LogP contribution in [-0.4, -0.2) is 67.2 Å². The smallest absolute Gasteiger partial charge is 0.234 e. The van der Waals surface area contributed by atoms with Gasteiger partial charge in [-0.3, -0.25) is 14.6 Å². The van der Waals surface area contributed by atoms with Crippen LogP contribution in [0.1, 0.15) is 24.3 Å². The van der Waals surface area contributed by atoms with Gasteiger partial charge in [0.15, 0.2) is 0 Å². The van der Waals surface area contributed by atoms with Crippen LogP contribution in [0.25, 0.3) is 0 Å². The zero-order valence-electron chi connectivity index (χ0n) is 14.1. The number of ether oxygens (including phenoxy) is 1. The molecule has 6 heteroatoms. The van der Waals surface area contributed by atoms with Gasteiger partial charge in [0.2, 0.25) is 5.91 Å². The van der Waals surface area contributed by atoms with Crippen LogP contribution >= 0.6 is 11.3 Å². The predicted molar refractivity (Wildman–Crippen MR) is 92.8 cm³/mol. The molecule has 1 fully saturated rings. The van der Waals surface area contributed by atoms with Gasteiger partial charge in [-0.1, -0.05) is 0 Å². The van der Waals surface area contributed by atoms with Crippen LogP contribution in [0.15, 0.2) is 11.4 Å². The number of morpholine rings is 1. The van der Waals surface area contributed by atoms with Crippen LogP contribution in [0.3, 0.4) is 0 Å². The summed E-state index contributed by atoms with van der Waals surface area (Å²) in [4.78, 5) is 18.4. The van der Waals surface area contributed by atoms with E-state index < -0.39 is 0 Å². The molecule has 0 radical (unpaired) electrons. The molecule has 1 saturated heterocycles. The van der Waals surface area contributed by atoms with E-state index in [1.54, 1.807) is 0 Å². The molecule has 2 aliphatic rings. The van der Waals surface area contributed by atoms with E-state index >= 15 is 0 Å². The Morgan fingerprint density at radius 1 is 1.35 bits per heavy atom. The van der Waals surface area contributed by atoms with Crippen molar-refractivity contribution in [2.24, 2.45) is 0 Å². The molecule has 23 heavy (non-hydrogen) atoms. The van der Waals surface area contributed by atoms with Gasteiger partial charge in [0.05, 0.1) is 19.8 Å². The number of hydrogen-bond donors (Lipinski definition) is 1. The monoisotopic (exact) mass is 337 g/mol. The molecule has 0 saturated carbocycles. The topological polar surface area (TPSA) is 44.8 Å². The fourth-order valence-corrected chi connectivity index (χ4v) is 4.19. The number of nitrogens with one attached hydrogen (secondary N) is 1. The van der Waals surface area contributed by atoms with Gasteiger partial charge in [0.25, 0.3) is 0 Å². The first-order chi connectivity index (χ1) is 11.0. The number of amides is 1. The molecule has 3 heterocycles. The fourth-order valence-electron chi connectivity index (χ4n) is 3.30. The first-order valence-electron chi connectivity index (χ1n) is 8.42. The zero-order chi connectivity index (χ0) is 16.3. The van der Waals surface area contributed by atoms with Gasteiger partial charge in [-0.15, -0.1) is 11.3 Å². The third-order valence-electron chi connectivity index (χ3n) is 4.84. The maximum absolute atomic E-state index is 12.3. The second kappa shape index (κ2) is 7.30. The van der Waals surface area contributed by atoms with Crippen molar-refractivity contribution in [1.82, 2.24) is 15.1 Å². The summed E-state index contributed by atoms with van der Waals surface area (Å²) in [6.07, 6.45) is 1.07. The summed E-state index contributed by atoms with van der Waals surface area (Å²) in [5, 5.41) is 5.28. The summed E-state index contributed by atoms with van der Waals surface area (Å²) < 4.78 is 5.41. The minimum atomic E-state index is -0.0259. The van der Waals surface area contributed by atoms with Crippen molar-refractivity contribution >= 4 is 17.2 Å². The van der Waals surface area contributed by atoms with Crippen molar-refractivity contribution in [1.29, 1.82) is 0 Å². The first kappa shape index (κ1) is 16.9. The average Bonchev–Trinajstić information content (AvgIpc) is 3.02. The van der Waals surface area contributed by atoms with E-state index in [0.29, 0.717) is 13.1 Å². The van der Waals surface area contributed by atoms with Crippen molar-refractivity contribution in [3.63, 3.8) is 0 Å². The van der Waals surface area contributed by atoms with Crippen molar-refractivity contribution in [2.75, 3.05) is 45.9 Å². The molecule has 0 aliphatic carbocycles. The summed E-state index contributed by atoms with van der Waals surface area (Å²) in [5.74, 6) is 0.130. The van der Waals surface area contributed by atoms with Crippen molar-refractivity contribution < 1.29 is 9.53 Å². The molecule has 1 amide bonds. The maximum Gasteiger partial charge on any atom is 0.234 e. The number of fused-ring (bicyclic) bond motifs is 1. The van der Waals surface area contributed by atoms with Crippen LogP contribution in [-0.2, 0) is 22.5 Å². The molecule has 5 nitrogen and oxygen atoms in total. The average molecular weight is 337 g/mol. The lowest BCUT2D eigenvalue weighted by Gasteiger charge is -2.41. The number of nitrogens with zero attached hydrogens (tertiary/aromatic N) is 2. The number of thiophene rings is 1. The molecule has 0 unspecified atom stereocenters. The molecule has 0 spiro atoms. The lowest BCUT2D eigenvalue weighted by molar-refractivity contribution is -0.123. The van der Waals surface area contributed by atoms with Gasteiger partial charge in [-0.25, -0.2) is 0 Å².